The fourth-order valence-corrected chi connectivity index (χ4v) is 10.2. The molecule has 2 heterocycles. The van der Waals surface area contributed by atoms with E-state index in [0.29, 0.717) is 12.0 Å². The highest BCUT2D eigenvalue weighted by atomic mass is 15.2. The van der Waals surface area contributed by atoms with Crippen molar-refractivity contribution in [2.24, 2.45) is 0 Å². The van der Waals surface area contributed by atoms with Crippen molar-refractivity contribution in [3.8, 4) is 44.5 Å². The Kier molecular flexibility index (Phi) is 7.10. The molecular formula is C55H39N3. The summed E-state index contributed by atoms with van der Waals surface area (Å²) in [4.78, 5) is 12.1. The first kappa shape index (κ1) is 33.1. The Labute approximate surface area is 338 Å². The van der Waals surface area contributed by atoms with Crippen molar-refractivity contribution in [2.75, 3.05) is 4.90 Å². The van der Waals surface area contributed by atoms with Gasteiger partial charge in [-0.25, -0.2) is 0 Å². The molecule has 0 saturated heterocycles. The Morgan fingerprint density at radius 1 is 0.466 bits per heavy atom. The molecule has 9 aromatic rings. The van der Waals surface area contributed by atoms with E-state index in [-0.39, 0.29) is 5.41 Å². The maximum absolute atomic E-state index is 4.80. The fourth-order valence-electron chi connectivity index (χ4n) is 10.2. The maximum atomic E-state index is 4.80. The van der Waals surface area contributed by atoms with Crippen LogP contribution in [0, 0.1) is 0 Å². The van der Waals surface area contributed by atoms with Crippen LogP contribution in [0.1, 0.15) is 36.5 Å². The quantitative estimate of drug-likeness (QED) is 0.168. The van der Waals surface area contributed by atoms with Gasteiger partial charge in [-0.3, -0.25) is 9.97 Å². The van der Waals surface area contributed by atoms with Gasteiger partial charge in [0.15, 0.2) is 0 Å². The van der Waals surface area contributed by atoms with Crippen LogP contribution in [-0.4, -0.2) is 16.0 Å². The maximum Gasteiger partial charge on any atom is 0.0971 e. The number of hydrogen-bond donors (Lipinski definition) is 0. The lowest BCUT2D eigenvalue weighted by Crippen LogP contribution is -2.28. The summed E-state index contributed by atoms with van der Waals surface area (Å²) in [6.07, 6.45) is 12.7. The number of anilines is 2. The minimum atomic E-state index is -0.132. The van der Waals surface area contributed by atoms with Crippen LogP contribution in [0.15, 0.2) is 188 Å². The van der Waals surface area contributed by atoms with E-state index >= 15 is 0 Å². The molecular weight excluding hydrogens is 703 g/mol. The highest BCUT2D eigenvalue weighted by Crippen LogP contribution is 2.53. The van der Waals surface area contributed by atoms with Crippen LogP contribution < -0.4 is 4.90 Å². The molecule has 274 valence electrons. The Bertz CT molecular complexity index is 3190. The topological polar surface area (TPSA) is 29.0 Å². The van der Waals surface area contributed by atoms with Gasteiger partial charge in [0.05, 0.1) is 17.1 Å². The van der Waals surface area contributed by atoms with Gasteiger partial charge in [-0.1, -0.05) is 153 Å². The minimum Gasteiger partial charge on any atom is -0.333 e. The molecule has 3 heteroatoms. The van der Waals surface area contributed by atoms with Crippen LogP contribution in [0.3, 0.4) is 0 Å². The molecule has 58 heavy (non-hydrogen) atoms. The lowest BCUT2D eigenvalue weighted by Gasteiger charge is -2.30. The number of hydrogen-bond acceptors (Lipinski definition) is 3. The van der Waals surface area contributed by atoms with E-state index in [2.05, 4.69) is 195 Å². The van der Waals surface area contributed by atoms with Gasteiger partial charge in [-0.2, -0.15) is 0 Å². The molecule has 2 aliphatic carbocycles. The number of fused-ring (bicyclic) bond motifs is 12. The number of benzene rings is 8. The summed E-state index contributed by atoms with van der Waals surface area (Å²) < 4.78 is 0. The van der Waals surface area contributed by atoms with E-state index in [1.165, 1.54) is 83.3 Å². The Balaban J connectivity index is 0.851. The number of para-hydroxylation sites is 1. The van der Waals surface area contributed by atoms with Crippen molar-refractivity contribution in [3.05, 3.63) is 205 Å². The summed E-state index contributed by atoms with van der Waals surface area (Å²) >= 11 is 0. The van der Waals surface area contributed by atoms with Gasteiger partial charge < -0.3 is 4.90 Å². The number of nitrogens with zero attached hydrogens (tertiary/aromatic N) is 3. The van der Waals surface area contributed by atoms with Gasteiger partial charge in [-0.05, 0) is 108 Å². The zero-order valence-corrected chi connectivity index (χ0v) is 32.4. The molecule has 12 rings (SSSR count). The van der Waals surface area contributed by atoms with E-state index < -0.39 is 0 Å². The largest absolute Gasteiger partial charge is 0.333 e. The van der Waals surface area contributed by atoms with Crippen LogP contribution in [-0.2, 0) is 5.41 Å². The third-order valence-corrected chi connectivity index (χ3v) is 13.1. The molecule has 0 spiro atoms. The van der Waals surface area contributed by atoms with Crippen molar-refractivity contribution < 1.29 is 0 Å². The van der Waals surface area contributed by atoms with Crippen molar-refractivity contribution >= 4 is 44.0 Å². The molecule has 1 aromatic heterocycles. The number of aromatic nitrogens is 2. The molecule has 2 atom stereocenters. The standard InChI is InChI=1S/C55H39N3/c1-55(2)49-32-39(23-26-43(49)44-27-24-40(33-50(44)55)58-51-16-7-5-13-45(51)46-14-6-8-17-52(46)58)35-20-18-34(19-21-35)36-10-9-11-37(30-36)38-22-25-42-41-12-3-4-15-47(41)53-54(48(42)31-38)57-29-28-56-53/h3-33,45,51H,1-2H3. The predicted molar refractivity (Wildman–Crippen MR) is 242 cm³/mol. The lowest BCUT2D eigenvalue weighted by molar-refractivity contribution is 0.659. The van der Waals surface area contributed by atoms with Crippen molar-refractivity contribution in [2.45, 2.75) is 31.2 Å². The molecule has 0 bridgehead atoms. The first-order valence-electron chi connectivity index (χ1n) is 20.3. The molecule has 2 unspecified atom stereocenters. The van der Waals surface area contributed by atoms with Crippen LogP contribution >= 0.6 is 0 Å². The van der Waals surface area contributed by atoms with E-state index in [1.54, 1.807) is 12.4 Å². The molecule has 8 aromatic carbocycles. The Morgan fingerprint density at radius 2 is 1.05 bits per heavy atom. The van der Waals surface area contributed by atoms with Crippen molar-refractivity contribution in [1.82, 2.24) is 9.97 Å². The monoisotopic (exact) mass is 741 g/mol. The van der Waals surface area contributed by atoms with Gasteiger partial charge >= 0.3 is 0 Å². The van der Waals surface area contributed by atoms with Crippen LogP contribution in [0.25, 0.3) is 77.1 Å². The molecule has 1 aliphatic heterocycles. The smallest absolute Gasteiger partial charge is 0.0971 e. The summed E-state index contributed by atoms with van der Waals surface area (Å²) in [5.74, 6) is 0.375. The number of allylic oxidation sites excluding steroid dienone is 2. The first-order valence-corrected chi connectivity index (χ1v) is 20.3. The SMILES string of the molecule is CC1(C)c2cc(-c3ccc(-c4cccc(-c5ccc6c7ccccc7c7nccnc7c6c5)c4)cc3)ccc2-c2ccc(N3c4ccccc4C4C=CC=CC43)cc21. The third-order valence-electron chi connectivity index (χ3n) is 13.1. The average molecular weight is 742 g/mol. The molecule has 0 N–H and O–H groups in total. The van der Waals surface area contributed by atoms with Gasteiger partial charge in [0.1, 0.15) is 0 Å². The van der Waals surface area contributed by atoms with Gasteiger partial charge in [0.2, 0.25) is 0 Å². The normalized spacial score (nSPS) is 17.1. The second-order valence-electron chi connectivity index (χ2n) is 16.5. The second kappa shape index (κ2) is 12.4. The Morgan fingerprint density at radius 3 is 1.86 bits per heavy atom. The predicted octanol–water partition coefficient (Wildman–Crippen LogP) is 14.0. The van der Waals surface area contributed by atoms with E-state index in [0.717, 1.165) is 21.8 Å². The summed E-state index contributed by atoms with van der Waals surface area (Å²) in [5, 5.41) is 4.66. The summed E-state index contributed by atoms with van der Waals surface area (Å²) in [7, 11) is 0. The van der Waals surface area contributed by atoms with Crippen LogP contribution in [0.5, 0.6) is 0 Å². The highest BCUT2D eigenvalue weighted by Gasteiger charge is 2.40. The Hall–Kier alpha value is -7.10. The first-order chi connectivity index (χ1) is 28.5. The summed E-state index contributed by atoms with van der Waals surface area (Å²) in [6.45, 7) is 4.78. The second-order valence-corrected chi connectivity index (χ2v) is 16.5. The molecule has 3 aliphatic rings. The van der Waals surface area contributed by atoms with E-state index in [4.69, 9.17) is 9.97 Å². The molecule has 3 nitrogen and oxygen atoms in total. The van der Waals surface area contributed by atoms with E-state index in [1.807, 2.05) is 0 Å². The van der Waals surface area contributed by atoms with Crippen molar-refractivity contribution in [3.63, 3.8) is 0 Å². The fraction of sp³-hybridized carbons (Fsp3) is 0.0909. The van der Waals surface area contributed by atoms with Gasteiger partial charge in [0.25, 0.3) is 0 Å². The molecule has 0 fully saturated rings. The van der Waals surface area contributed by atoms with Crippen molar-refractivity contribution in [1.29, 1.82) is 0 Å². The summed E-state index contributed by atoms with van der Waals surface area (Å²) in [5.41, 5.74) is 18.4. The summed E-state index contributed by atoms with van der Waals surface area (Å²) in [6, 6.07) is 56.6. The molecule has 0 radical (unpaired) electrons. The number of rotatable bonds is 4. The van der Waals surface area contributed by atoms with Crippen LogP contribution in [0.2, 0.25) is 0 Å². The highest BCUT2D eigenvalue weighted by molar-refractivity contribution is 6.23. The zero-order valence-electron chi connectivity index (χ0n) is 32.4. The molecule has 0 saturated carbocycles. The zero-order chi connectivity index (χ0) is 38.5. The van der Waals surface area contributed by atoms with Crippen LogP contribution in [0.4, 0.5) is 11.4 Å². The van der Waals surface area contributed by atoms with E-state index in [9.17, 15) is 0 Å². The molecule has 0 amide bonds. The third kappa shape index (κ3) is 4.86. The van der Waals surface area contributed by atoms with Gasteiger partial charge in [0, 0.05) is 45.9 Å². The average Bonchev–Trinajstić information content (AvgIpc) is 3.74. The minimum absolute atomic E-state index is 0.132. The lowest BCUT2D eigenvalue weighted by atomic mass is 9.81. The van der Waals surface area contributed by atoms with Gasteiger partial charge in [-0.15, -0.1) is 0 Å².